The average molecular weight is 395 g/mol. The van der Waals surface area contributed by atoms with Crippen molar-refractivity contribution >= 4 is 40.5 Å². The van der Waals surface area contributed by atoms with Gasteiger partial charge >= 0.3 is 0 Å². The molecule has 134 valence electrons. The molecule has 5 nitrogen and oxygen atoms in total. The number of benzene rings is 2. The van der Waals surface area contributed by atoms with E-state index in [1.54, 1.807) is 16.8 Å². The molecule has 0 aliphatic rings. The molecule has 0 bridgehead atoms. The van der Waals surface area contributed by atoms with Crippen LogP contribution < -0.4 is 5.56 Å². The fourth-order valence-corrected chi connectivity index (χ4v) is 3.49. The maximum Gasteiger partial charge on any atom is 0.262 e. The molecule has 0 radical (unpaired) electrons. The van der Waals surface area contributed by atoms with Gasteiger partial charge < -0.3 is 4.98 Å². The minimum absolute atomic E-state index is 0.206. The lowest BCUT2D eigenvalue weighted by molar-refractivity contribution is 0.873. The van der Waals surface area contributed by atoms with E-state index < -0.39 is 0 Å². The highest BCUT2D eigenvalue weighted by Gasteiger charge is 2.11. The molecule has 7 heteroatoms. The summed E-state index contributed by atoms with van der Waals surface area (Å²) in [6.07, 6.45) is 5.60. The molecule has 0 unspecified atom stereocenters. The number of H-pyrrole nitrogens is 1. The van der Waals surface area contributed by atoms with Gasteiger partial charge in [-0.15, -0.1) is 0 Å². The summed E-state index contributed by atoms with van der Waals surface area (Å²) in [6, 6.07) is 17.3. The monoisotopic (exact) mass is 394 g/mol. The third-order valence-corrected chi connectivity index (χ3v) is 4.96. The smallest absolute Gasteiger partial charge is 0.262 e. The topological polar surface area (TPSA) is 63.6 Å². The van der Waals surface area contributed by atoms with Gasteiger partial charge in [0.1, 0.15) is 5.39 Å². The number of fused-ring (bicyclic) bond motifs is 1. The predicted molar refractivity (Wildman–Crippen MR) is 111 cm³/mol. The third kappa shape index (κ3) is 3.97. The fraction of sp³-hybridized carbons (Fsp3) is 0.0500. The van der Waals surface area contributed by atoms with Crippen molar-refractivity contribution in [2.45, 2.75) is 5.16 Å². The van der Waals surface area contributed by atoms with Crippen molar-refractivity contribution in [3.63, 3.8) is 0 Å². The maximum atomic E-state index is 12.4. The summed E-state index contributed by atoms with van der Waals surface area (Å²) >= 11 is 7.53. The van der Waals surface area contributed by atoms with Crippen molar-refractivity contribution in [3.8, 4) is 5.69 Å². The van der Waals surface area contributed by atoms with Crippen molar-refractivity contribution in [2.24, 2.45) is 0 Å². The van der Waals surface area contributed by atoms with E-state index in [-0.39, 0.29) is 5.56 Å². The standard InChI is InChI=1S/C20H15ClN4OS/c21-15-9-4-10-16(12-15)25-18-17(13-22-25)19(26)24-20(23-18)27-11-5-8-14-6-2-1-3-7-14/h1-10,12-13H,11H2,(H,23,24,26)/b8-5+. The Bertz CT molecular complexity index is 1170. The molecule has 1 N–H and O–H groups in total. The van der Waals surface area contributed by atoms with Crippen LogP contribution in [0.5, 0.6) is 0 Å². The molecule has 0 spiro atoms. The normalized spacial score (nSPS) is 11.4. The summed E-state index contributed by atoms with van der Waals surface area (Å²) in [5.41, 5.74) is 2.20. The van der Waals surface area contributed by atoms with Crippen LogP contribution in [-0.4, -0.2) is 25.5 Å². The molecule has 0 aliphatic carbocycles. The minimum Gasteiger partial charge on any atom is -0.301 e. The Hall–Kier alpha value is -2.83. The van der Waals surface area contributed by atoms with E-state index in [9.17, 15) is 4.79 Å². The van der Waals surface area contributed by atoms with Crippen molar-refractivity contribution in [1.29, 1.82) is 0 Å². The van der Waals surface area contributed by atoms with E-state index in [0.717, 1.165) is 11.3 Å². The Labute approximate surface area is 164 Å². The third-order valence-electron chi connectivity index (χ3n) is 3.90. The number of thioether (sulfide) groups is 1. The molecule has 0 amide bonds. The summed E-state index contributed by atoms with van der Waals surface area (Å²) in [5.74, 6) is 0.689. The van der Waals surface area contributed by atoms with Gasteiger partial charge in [0.25, 0.3) is 5.56 Å². The first-order valence-corrected chi connectivity index (χ1v) is 9.65. The average Bonchev–Trinajstić information content (AvgIpc) is 3.11. The van der Waals surface area contributed by atoms with Gasteiger partial charge in [-0.05, 0) is 23.8 Å². The van der Waals surface area contributed by atoms with Crippen molar-refractivity contribution < 1.29 is 0 Å². The quantitative estimate of drug-likeness (QED) is 0.398. The molecule has 2 heterocycles. The number of hydrogen-bond acceptors (Lipinski definition) is 4. The number of nitrogens with zero attached hydrogens (tertiary/aromatic N) is 3. The number of halogens is 1. The summed E-state index contributed by atoms with van der Waals surface area (Å²) in [7, 11) is 0. The highest BCUT2D eigenvalue weighted by Crippen LogP contribution is 2.20. The highest BCUT2D eigenvalue weighted by atomic mass is 35.5. The SMILES string of the molecule is O=c1[nH]c(SC/C=C/c2ccccc2)nc2c1cnn2-c1cccc(Cl)c1. The lowest BCUT2D eigenvalue weighted by Crippen LogP contribution is -2.09. The van der Waals surface area contributed by atoms with Gasteiger partial charge in [-0.3, -0.25) is 4.79 Å². The molecular formula is C20H15ClN4OS. The van der Waals surface area contributed by atoms with Gasteiger partial charge in [-0.25, -0.2) is 9.67 Å². The lowest BCUT2D eigenvalue weighted by Gasteiger charge is -2.04. The van der Waals surface area contributed by atoms with Crippen LogP contribution in [0.1, 0.15) is 5.56 Å². The van der Waals surface area contributed by atoms with Crippen LogP contribution in [0.4, 0.5) is 0 Å². The Kier molecular flexibility index (Phi) is 5.09. The van der Waals surface area contributed by atoms with E-state index >= 15 is 0 Å². The molecule has 0 fully saturated rings. The summed E-state index contributed by atoms with van der Waals surface area (Å²) in [5, 5.41) is 5.89. The Balaban J connectivity index is 1.60. The zero-order chi connectivity index (χ0) is 18.6. The van der Waals surface area contributed by atoms with Crippen molar-refractivity contribution in [1.82, 2.24) is 19.7 Å². The first-order valence-electron chi connectivity index (χ1n) is 8.29. The van der Waals surface area contributed by atoms with E-state index in [1.807, 2.05) is 54.6 Å². The molecule has 0 atom stereocenters. The van der Waals surface area contributed by atoms with Gasteiger partial charge in [0.15, 0.2) is 10.8 Å². The number of hydrogen-bond donors (Lipinski definition) is 1. The van der Waals surface area contributed by atoms with E-state index in [0.29, 0.717) is 27.0 Å². The molecule has 4 rings (SSSR count). The number of aromatic amines is 1. The van der Waals surface area contributed by atoms with Crippen molar-refractivity contribution in [2.75, 3.05) is 5.75 Å². The van der Waals surface area contributed by atoms with Crippen LogP contribution in [0.3, 0.4) is 0 Å². The first kappa shape index (κ1) is 17.6. The fourth-order valence-electron chi connectivity index (χ4n) is 2.64. The van der Waals surface area contributed by atoms with Crippen LogP contribution >= 0.6 is 23.4 Å². The summed E-state index contributed by atoms with van der Waals surface area (Å²) < 4.78 is 1.63. The van der Waals surface area contributed by atoms with Gasteiger partial charge in [-0.1, -0.05) is 71.9 Å². The van der Waals surface area contributed by atoms with Gasteiger partial charge in [0.05, 0.1) is 11.9 Å². The second-order valence-electron chi connectivity index (χ2n) is 5.77. The van der Waals surface area contributed by atoms with E-state index in [1.165, 1.54) is 18.0 Å². The lowest BCUT2D eigenvalue weighted by atomic mass is 10.2. The first-order chi connectivity index (χ1) is 13.2. The number of rotatable bonds is 5. The molecular weight excluding hydrogens is 380 g/mol. The molecule has 2 aromatic heterocycles. The zero-order valence-corrected chi connectivity index (χ0v) is 15.7. The van der Waals surface area contributed by atoms with Crippen LogP contribution in [0.15, 0.2) is 76.8 Å². The van der Waals surface area contributed by atoms with Crippen LogP contribution in [0, 0.1) is 0 Å². The second-order valence-corrected chi connectivity index (χ2v) is 7.21. The highest BCUT2D eigenvalue weighted by molar-refractivity contribution is 7.99. The summed E-state index contributed by atoms with van der Waals surface area (Å²) in [4.78, 5) is 19.7. The van der Waals surface area contributed by atoms with Gasteiger partial charge in [0.2, 0.25) is 0 Å². The molecule has 27 heavy (non-hydrogen) atoms. The van der Waals surface area contributed by atoms with Crippen LogP contribution in [-0.2, 0) is 0 Å². The van der Waals surface area contributed by atoms with Crippen LogP contribution in [0.25, 0.3) is 22.8 Å². The zero-order valence-electron chi connectivity index (χ0n) is 14.2. The molecule has 2 aromatic carbocycles. The van der Waals surface area contributed by atoms with Gasteiger partial charge in [-0.2, -0.15) is 5.10 Å². The summed E-state index contributed by atoms with van der Waals surface area (Å²) in [6.45, 7) is 0. The second kappa shape index (κ2) is 7.82. The Morgan fingerprint density at radius 2 is 2.00 bits per heavy atom. The molecule has 0 aliphatic heterocycles. The maximum absolute atomic E-state index is 12.4. The van der Waals surface area contributed by atoms with Crippen molar-refractivity contribution in [3.05, 3.63) is 87.8 Å². The predicted octanol–water partition coefficient (Wildman–Crippen LogP) is 4.57. The largest absolute Gasteiger partial charge is 0.301 e. The number of nitrogens with one attached hydrogen (secondary N) is 1. The Morgan fingerprint density at radius 3 is 2.81 bits per heavy atom. The molecule has 0 saturated carbocycles. The van der Waals surface area contributed by atoms with Gasteiger partial charge in [0, 0.05) is 10.8 Å². The minimum atomic E-state index is -0.206. The van der Waals surface area contributed by atoms with E-state index in [4.69, 9.17) is 11.6 Å². The Morgan fingerprint density at radius 1 is 1.15 bits per heavy atom. The van der Waals surface area contributed by atoms with E-state index in [2.05, 4.69) is 15.1 Å². The number of aromatic nitrogens is 4. The molecule has 4 aromatic rings. The van der Waals surface area contributed by atoms with Crippen LogP contribution in [0.2, 0.25) is 5.02 Å². The molecule has 0 saturated heterocycles.